The van der Waals surface area contributed by atoms with E-state index in [0.717, 1.165) is 0 Å². The third kappa shape index (κ3) is 1.97. The van der Waals surface area contributed by atoms with E-state index in [2.05, 4.69) is 10.2 Å². The van der Waals surface area contributed by atoms with Crippen molar-refractivity contribution in [3.8, 4) is 0 Å². The number of aromatic nitrogens is 2. The van der Waals surface area contributed by atoms with Crippen molar-refractivity contribution in [2.24, 2.45) is 0 Å². The zero-order valence-corrected chi connectivity index (χ0v) is 7.03. The number of nitrogens with zero attached hydrogens (tertiary/aromatic N) is 2. The molecule has 1 heterocycles. The Balaban J connectivity index is 2.97. The van der Waals surface area contributed by atoms with Crippen molar-refractivity contribution in [2.45, 2.75) is 3.79 Å². The maximum Gasteiger partial charge on any atom is 0.217 e. The summed E-state index contributed by atoms with van der Waals surface area (Å²) in [6, 6.07) is 1.60. The summed E-state index contributed by atoms with van der Waals surface area (Å²) in [6.07, 6.45) is 2.88. The third-order valence-corrected chi connectivity index (χ3v) is 1.57. The Labute approximate surface area is 73.1 Å². The fourth-order valence-corrected chi connectivity index (χ4v) is 0.794. The van der Waals surface area contributed by atoms with Crippen molar-refractivity contribution in [1.29, 1.82) is 0 Å². The molecule has 0 aliphatic heterocycles. The van der Waals surface area contributed by atoms with E-state index in [0.29, 0.717) is 5.56 Å². The van der Waals surface area contributed by atoms with Crippen LogP contribution >= 0.6 is 34.8 Å². The monoisotopic (exact) mass is 196 g/mol. The summed E-state index contributed by atoms with van der Waals surface area (Å²) in [4.78, 5) is 0. The summed E-state index contributed by atoms with van der Waals surface area (Å²) in [7, 11) is 0. The van der Waals surface area contributed by atoms with Crippen LogP contribution in [0.25, 0.3) is 0 Å². The van der Waals surface area contributed by atoms with Crippen LogP contribution in [0.2, 0.25) is 0 Å². The van der Waals surface area contributed by atoms with Crippen LogP contribution in [0, 0.1) is 0 Å². The molecule has 0 spiro atoms. The van der Waals surface area contributed by atoms with E-state index < -0.39 is 3.79 Å². The molecule has 54 valence electrons. The van der Waals surface area contributed by atoms with Crippen LogP contribution in [0.3, 0.4) is 0 Å². The van der Waals surface area contributed by atoms with Crippen molar-refractivity contribution < 1.29 is 0 Å². The first kappa shape index (κ1) is 8.05. The molecule has 1 aromatic rings. The summed E-state index contributed by atoms with van der Waals surface area (Å²) < 4.78 is -1.39. The molecular weight excluding hydrogens is 194 g/mol. The Kier molecular flexibility index (Phi) is 2.34. The van der Waals surface area contributed by atoms with Gasteiger partial charge in [0, 0.05) is 11.8 Å². The number of alkyl halides is 3. The smallest absolute Gasteiger partial charge is 0.159 e. The lowest BCUT2D eigenvalue weighted by Gasteiger charge is -2.08. The molecule has 0 bridgehead atoms. The Hall–Kier alpha value is -0.0500. The van der Waals surface area contributed by atoms with Gasteiger partial charge in [-0.1, -0.05) is 34.8 Å². The fraction of sp³-hybridized carbons (Fsp3) is 0.200. The number of halogens is 3. The number of rotatable bonds is 0. The lowest BCUT2D eigenvalue weighted by atomic mass is 10.3. The molecule has 0 radical (unpaired) electrons. The Bertz CT molecular complexity index is 206. The second kappa shape index (κ2) is 2.91. The van der Waals surface area contributed by atoms with Gasteiger partial charge < -0.3 is 0 Å². The van der Waals surface area contributed by atoms with Gasteiger partial charge in [0.25, 0.3) is 0 Å². The molecule has 1 aromatic heterocycles. The fourth-order valence-electron chi connectivity index (χ4n) is 0.458. The largest absolute Gasteiger partial charge is 0.217 e. The van der Waals surface area contributed by atoms with Gasteiger partial charge in [-0.15, -0.1) is 0 Å². The van der Waals surface area contributed by atoms with E-state index in [4.69, 9.17) is 34.8 Å². The lowest BCUT2D eigenvalue weighted by Crippen LogP contribution is -2.00. The van der Waals surface area contributed by atoms with Gasteiger partial charge in [0.2, 0.25) is 3.79 Å². The molecule has 0 N–H and O–H groups in total. The van der Waals surface area contributed by atoms with Crippen LogP contribution in [0.5, 0.6) is 0 Å². The van der Waals surface area contributed by atoms with Gasteiger partial charge in [-0.05, 0) is 6.07 Å². The van der Waals surface area contributed by atoms with Crippen molar-refractivity contribution >= 4 is 34.8 Å². The molecule has 2 nitrogen and oxygen atoms in total. The van der Waals surface area contributed by atoms with E-state index >= 15 is 0 Å². The predicted molar refractivity (Wildman–Crippen MR) is 41.3 cm³/mol. The van der Waals surface area contributed by atoms with Crippen LogP contribution < -0.4 is 0 Å². The van der Waals surface area contributed by atoms with E-state index in [-0.39, 0.29) is 0 Å². The minimum atomic E-state index is -1.39. The quantitative estimate of drug-likeness (QED) is 0.597. The zero-order chi connectivity index (χ0) is 7.61. The van der Waals surface area contributed by atoms with E-state index in [1.165, 1.54) is 12.4 Å². The van der Waals surface area contributed by atoms with Gasteiger partial charge in [0.1, 0.15) is 0 Å². The van der Waals surface area contributed by atoms with Crippen LogP contribution in [-0.2, 0) is 3.79 Å². The van der Waals surface area contributed by atoms with Gasteiger partial charge in [0.15, 0.2) is 0 Å². The van der Waals surface area contributed by atoms with Crippen molar-refractivity contribution in [1.82, 2.24) is 10.2 Å². The Morgan fingerprint density at radius 3 is 2.20 bits per heavy atom. The molecule has 0 atom stereocenters. The van der Waals surface area contributed by atoms with Gasteiger partial charge in [-0.25, -0.2) is 0 Å². The van der Waals surface area contributed by atoms with Gasteiger partial charge in [-0.3, -0.25) is 0 Å². The van der Waals surface area contributed by atoms with Gasteiger partial charge in [-0.2, -0.15) is 10.2 Å². The second-order valence-corrected chi connectivity index (χ2v) is 3.91. The van der Waals surface area contributed by atoms with Gasteiger partial charge in [0.05, 0.1) is 6.20 Å². The standard InChI is InChI=1S/C5H3Cl3N2/c6-5(7,8)4-1-2-9-10-3-4/h1-3H. The van der Waals surface area contributed by atoms with Crippen LogP contribution in [-0.4, -0.2) is 10.2 Å². The first-order valence-corrected chi connectivity index (χ1v) is 3.58. The van der Waals surface area contributed by atoms with Crippen molar-refractivity contribution in [3.05, 3.63) is 24.0 Å². The highest BCUT2D eigenvalue weighted by Gasteiger charge is 2.22. The summed E-state index contributed by atoms with van der Waals surface area (Å²) in [5, 5.41) is 7.08. The molecule has 10 heavy (non-hydrogen) atoms. The first-order valence-electron chi connectivity index (χ1n) is 2.44. The minimum Gasteiger partial charge on any atom is -0.159 e. The highest BCUT2D eigenvalue weighted by atomic mass is 35.6. The molecule has 0 saturated carbocycles. The van der Waals surface area contributed by atoms with E-state index in [1.807, 2.05) is 0 Å². The molecule has 0 amide bonds. The summed E-state index contributed by atoms with van der Waals surface area (Å²) in [5.74, 6) is 0. The van der Waals surface area contributed by atoms with Crippen LogP contribution in [0.4, 0.5) is 0 Å². The van der Waals surface area contributed by atoms with Crippen LogP contribution in [0.1, 0.15) is 5.56 Å². The molecule has 0 aliphatic rings. The average Bonchev–Trinajstić information content (AvgIpc) is 1.88. The van der Waals surface area contributed by atoms with Crippen molar-refractivity contribution in [3.63, 3.8) is 0 Å². The summed E-state index contributed by atoms with van der Waals surface area (Å²) in [6.45, 7) is 0. The minimum absolute atomic E-state index is 0.521. The topological polar surface area (TPSA) is 25.8 Å². The Morgan fingerprint density at radius 1 is 1.20 bits per heavy atom. The highest BCUT2D eigenvalue weighted by Crippen LogP contribution is 2.37. The van der Waals surface area contributed by atoms with Crippen molar-refractivity contribution in [2.75, 3.05) is 0 Å². The maximum atomic E-state index is 5.52. The molecule has 0 saturated heterocycles. The second-order valence-electron chi connectivity index (χ2n) is 1.63. The molecule has 1 rings (SSSR count). The summed E-state index contributed by atoms with van der Waals surface area (Å²) in [5.41, 5.74) is 0.521. The Morgan fingerprint density at radius 2 is 1.90 bits per heavy atom. The summed E-state index contributed by atoms with van der Waals surface area (Å²) >= 11 is 16.6. The predicted octanol–water partition coefficient (Wildman–Crippen LogP) is 2.30. The highest BCUT2D eigenvalue weighted by molar-refractivity contribution is 6.66. The number of hydrogen-bond acceptors (Lipinski definition) is 2. The molecule has 0 fully saturated rings. The normalized spacial score (nSPS) is 11.5. The molecule has 0 aromatic carbocycles. The lowest BCUT2D eigenvalue weighted by molar-refractivity contribution is 0.995. The number of hydrogen-bond donors (Lipinski definition) is 0. The molecule has 5 heteroatoms. The van der Waals surface area contributed by atoms with E-state index in [1.54, 1.807) is 6.07 Å². The third-order valence-electron chi connectivity index (χ3n) is 0.912. The SMILES string of the molecule is ClC(Cl)(Cl)c1ccnnc1. The van der Waals surface area contributed by atoms with Gasteiger partial charge >= 0.3 is 0 Å². The molecule has 0 aliphatic carbocycles. The first-order chi connectivity index (χ1) is 4.61. The molecule has 0 unspecified atom stereocenters. The zero-order valence-electron chi connectivity index (χ0n) is 4.76. The maximum absolute atomic E-state index is 5.52. The van der Waals surface area contributed by atoms with E-state index in [9.17, 15) is 0 Å². The van der Waals surface area contributed by atoms with Crippen LogP contribution in [0.15, 0.2) is 18.5 Å². The average molecular weight is 197 g/mol. The molecular formula is C5H3Cl3N2.